The largest absolute Gasteiger partial charge is 0.481 e. The van der Waals surface area contributed by atoms with Crippen LogP contribution in [0.25, 0.3) is 0 Å². The highest BCUT2D eigenvalue weighted by Gasteiger charge is 2.35. The van der Waals surface area contributed by atoms with E-state index in [1.54, 1.807) is 0 Å². The minimum absolute atomic E-state index is 0.0179. The highest BCUT2D eigenvalue weighted by Crippen LogP contribution is 2.35. The molecule has 1 aliphatic rings. The number of carboxylic acid groups (broad SMARTS) is 1. The molecule has 130 valence electrons. The van der Waals surface area contributed by atoms with Crippen molar-refractivity contribution in [1.29, 1.82) is 0 Å². The minimum Gasteiger partial charge on any atom is -0.481 e. The molecule has 0 bridgehead atoms. The van der Waals surface area contributed by atoms with Crippen LogP contribution in [0, 0.1) is 18.8 Å². The van der Waals surface area contributed by atoms with E-state index >= 15 is 0 Å². The molecule has 2 rings (SSSR count). The molecule has 0 spiro atoms. The van der Waals surface area contributed by atoms with Crippen LogP contribution in [0.5, 0.6) is 0 Å². The van der Waals surface area contributed by atoms with Crippen LogP contribution in [0.2, 0.25) is 0 Å². The molecule has 0 radical (unpaired) electrons. The molecule has 2 N–H and O–H groups in total. The van der Waals surface area contributed by atoms with Crippen molar-refractivity contribution in [1.82, 2.24) is 15.1 Å². The maximum Gasteiger partial charge on any atom is 0.303 e. The summed E-state index contributed by atoms with van der Waals surface area (Å²) < 4.78 is 2.03. The van der Waals surface area contributed by atoms with Gasteiger partial charge in [-0.25, -0.2) is 0 Å². The standard InChI is InChI=1S/C18H31N3O2/c1-11-14(9-17(22)23)7-8-16(11)19-12(2)15-10-21(18(4,5)6)20-13(15)3/h10-12,14,16,19H,7-9H2,1-6H3,(H,22,23). The first kappa shape index (κ1) is 18.0. The minimum atomic E-state index is -0.683. The van der Waals surface area contributed by atoms with Gasteiger partial charge < -0.3 is 10.4 Å². The third kappa shape index (κ3) is 4.14. The van der Waals surface area contributed by atoms with E-state index in [0.717, 1.165) is 18.5 Å². The third-order valence-electron chi connectivity index (χ3n) is 5.22. The summed E-state index contributed by atoms with van der Waals surface area (Å²) in [5, 5.41) is 17.4. The first-order valence-corrected chi connectivity index (χ1v) is 8.64. The van der Waals surface area contributed by atoms with Crippen LogP contribution in [0.4, 0.5) is 0 Å². The first-order valence-electron chi connectivity index (χ1n) is 8.64. The van der Waals surface area contributed by atoms with Gasteiger partial charge >= 0.3 is 5.97 Å². The quantitative estimate of drug-likeness (QED) is 0.871. The zero-order valence-electron chi connectivity index (χ0n) is 15.3. The summed E-state index contributed by atoms with van der Waals surface area (Å²) in [4.78, 5) is 11.0. The number of hydrogen-bond donors (Lipinski definition) is 2. The van der Waals surface area contributed by atoms with E-state index in [4.69, 9.17) is 5.11 Å². The van der Waals surface area contributed by atoms with E-state index in [1.807, 2.05) is 4.68 Å². The van der Waals surface area contributed by atoms with Crippen LogP contribution in [0.15, 0.2) is 6.20 Å². The Kier molecular flexibility index (Phi) is 5.19. The smallest absolute Gasteiger partial charge is 0.303 e. The van der Waals surface area contributed by atoms with Gasteiger partial charge in [0.15, 0.2) is 0 Å². The van der Waals surface area contributed by atoms with Gasteiger partial charge in [-0.15, -0.1) is 0 Å². The van der Waals surface area contributed by atoms with Crippen LogP contribution >= 0.6 is 0 Å². The Labute approximate surface area is 139 Å². The number of aryl methyl sites for hydroxylation is 1. The van der Waals surface area contributed by atoms with Crippen LogP contribution in [0.3, 0.4) is 0 Å². The molecule has 4 atom stereocenters. The van der Waals surface area contributed by atoms with Gasteiger partial charge in [0.25, 0.3) is 0 Å². The van der Waals surface area contributed by atoms with Crippen molar-refractivity contribution in [3.8, 4) is 0 Å². The zero-order chi connectivity index (χ0) is 17.4. The summed E-state index contributed by atoms with van der Waals surface area (Å²) in [6.07, 6.45) is 4.48. The molecule has 23 heavy (non-hydrogen) atoms. The van der Waals surface area contributed by atoms with Crippen molar-refractivity contribution in [3.63, 3.8) is 0 Å². The maximum atomic E-state index is 11.0. The Morgan fingerprint density at radius 3 is 2.65 bits per heavy atom. The van der Waals surface area contributed by atoms with E-state index in [9.17, 15) is 4.79 Å². The van der Waals surface area contributed by atoms with Crippen LogP contribution in [0.1, 0.15) is 71.2 Å². The highest BCUT2D eigenvalue weighted by atomic mass is 16.4. The third-order valence-corrected chi connectivity index (χ3v) is 5.22. The summed E-state index contributed by atoms with van der Waals surface area (Å²) in [5.74, 6) is -0.0000380. The molecule has 5 heteroatoms. The fourth-order valence-electron chi connectivity index (χ4n) is 3.65. The molecule has 0 amide bonds. The normalized spacial score (nSPS) is 26.4. The lowest BCUT2D eigenvalue weighted by Gasteiger charge is -2.25. The number of aliphatic carboxylic acids is 1. The monoisotopic (exact) mass is 321 g/mol. The average molecular weight is 321 g/mol. The summed E-state index contributed by atoms with van der Waals surface area (Å²) >= 11 is 0. The van der Waals surface area contributed by atoms with Crippen LogP contribution < -0.4 is 5.32 Å². The van der Waals surface area contributed by atoms with Gasteiger partial charge in [0, 0.05) is 30.3 Å². The van der Waals surface area contributed by atoms with Crippen LogP contribution in [-0.2, 0) is 10.3 Å². The number of nitrogens with one attached hydrogen (secondary N) is 1. The van der Waals surface area contributed by atoms with Crippen molar-refractivity contribution in [2.24, 2.45) is 11.8 Å². The molecule has 1 aromatic rings. The summed E-state index contributed by atoms with van der Waals surface area (Å²) in [6, 6.07) is 0.605. The molecule has 1 heterocycles. The Balaban J connectivity index is 2.04. The molecule has 4 unspecified atom stereocenters. The average Bonchev–Trinajstić information content (AvgIpc) is 2.95. The van der Waals surface area contributed by atoms with E-state index in [1.165, 1.54) is 5.56 Å². The summed E-state index contributed by atoms with van der Waals surface area (Å²) in [7, 11) is 0. The van der Waals surface area contributed by atoms with Gasteiger partial charge in [-0.3, -0.25) is 9.48 Å². The molecular weight excluding hydrogens is 290 g/mol. The van der Waals surface area contributed by atoms with E-state index in [2.05, 4.69) is 58.2 Å². The van der Waals surface area contributed by atoms with Gasteiger partial charge in [0.2, 0.25) is 0 Å². The van der Waals surface area contributed by atoms with Gasteiger partial charge in [-0.2, -0.15) is 5.10 Å². The van der Waals surface area contributed by atoms with Crippen molar-refractivity contribution in [2.75, 3.05) is 0 Å². The molecule has 0 aromatic carbocycles. The summed E-state index contributed by atoms with van der Waals surface area (Å²) in [6.45, 7) is 12.9. The SMILES string of the molecule is Cc1nn(C(C)(C)C)cc1C(C)NC1CCC(CC(=O)O)C1C. The Morgan fingerprint density at radius 1 is 1.48 bits per heavy atom. The van der Waals surface area contributed by atoms with Gasteiger partial charge in [0.05, 0.1) is 11.2 Å². The lowest BCUT2D eigenvalue weighted by atomic mass is 9.92. The number of hydrogen-bond acceptors (Lipinski definition) is 3. The second kappa shape index (κ2) is 6.63. The van der Waals surface area contributed by atoms with E-state index in [0.29, 0.717) is 12.0 Å². The lowest BCUT2D eigenvalue weighted by molar-refractivity contribution is -0.138. The van der Waals surface area contributed by atoms with Crippen molar-refractivity contribution < 1.29 is 9.90 Å². The zero-order valence-corrected chi connectivity index (χ0v) is 15.3. The van der Waals surface area contributed by atoms with Crippen molar-refractivity contribution >= 4 is 5.97 Å². The number of carbonyl (C=O) groups is 1. The molecule has 0 aliphatic heterocycles. The second-order valence-corrected chi connectivity index (χ2v) is 8.07. The predicted molar refractivity (Wildman–Crippen MR) is 91.4 cm³/mol. The number of carboxylic acids is 1. The number of rotatable bonds is 5. The van der Waals surface area contributed by atoms with Gasteiger partial charge in [0.1, 0.15) is 0 Å². The maximum absolute atomic E-state index is 11.0. The number of nitrogens with zero attached hydrogens (tertiary/aromatic N) is 2. The predicted octanol–water partition coefficient (Wildman–Crippen LogP) is 3.49. The van der Waals surface area contributed by atoms with Gasteiger partial charge in [-0.05, 0) is 59.3 Å². The molecule has 5 nitrogen and oxygen atoms in total. The molecular formula is C18H31N3O2. The van der Waals surface area contributed by atoms with E-state index < -0.39 is 5.97 Å². The Bertz CT molecular complexity index is 559. The second-order valence-electron chi connectivity index (χ2n) is 8.07. The Morgan fingerprint density at radius 2 is 2.13 bits per heavy atom. The first-order chi connectivity index (χ1) is 10.6. The number of aromatic nitrogens is 2. The van der Waals surface area contributed by atoms with Gasteiger partial charge in [-0.1, -0.05) is 6.92 Å². The molecule has 1 aliphatic carbocycles. The Hall–Kier alpha value is -1.36. The van der Waals surface area contributed by atoms with Crippen LogP contribution in [-0.4, -0.2) is 26.9 Å². The van der Waals surface area contributed by atoms with E-state index in [-0.39, 0.29) is 23.9 Å². The fourth-order valence-corrected chi connectivity index (χ4v) is 3.65. The fraction of sp³-hybridized carbons (Fsp3) is 0.778. The lowest BCUT2D eigenvalue weighted by Crippen LogP contribution is -2.35. The molecule has 1 aromatic heterocycles. The van der Waals surface area contributed by atoms with Crippen molar-refractivity contribution in [3.05, 3.63) is 17.5 Å². The van der Waals surface area contributed by atoms with Crippen molar-refractivity contribution in [2.45, 2.75) is 78.4 Å². The highest BCUT2D eigenvalue weighted by molar-refractivity contribution is 5.67. The molecule has 1 fully saturated rings. The molecule has 1 saturated carbocycles. The molecule has 0 saturated heterocycles. The summed E-state index contributed by atoms with van der Waals surface area (Å²) in [5.41, 5.74) is 2.28. The topological polar surface area (TPSA) is 67.2 Å².